The fraction of sp³-hybridized carbons (Fsp3) is 0.297. The number of aromatic amines is 1. The molecule has 2 aromatic heterocycles. The quantitative estimate of drug-likeness (QED) is 0.139. The zero-order valence-corrected chi connectivity index (χ0v) is 27.7. The van der Waals surface area contributed by atoms with Crippen LogP contribution >= 0.6 is 0 Å². The number of aryl methyl sites for hydroxylation is 2. The number of anilines is 1. The lowest BCUT2D eigenvalue weighted by atomic mass is 9.84. The molecule has 2 amide bonds. The van der Waals surface area contributed by atoms with E-state index in [4.69, 9.17) is 14.5 Å². The number of hydrogen-bond donors (Lipinski definition) is 4. The van der Waals surface area contributed by atoms with Crippen LogP contribution in [0.25, 0.3) is 11.0 Å². The number of pyridine rings is 1. The number of nitrogens with zero attached hydrogens (tertiary/aromatic N) is 2. The SMILES string of the molecule is COC(=O)N[C@H](C(=O)Nc1cncc(F)c1CC[C@@H]1CN[C@H](c2nc3cc(C)c(C)cc3[nH]2)CO1)C(c1ccc(F)cc1)c1ccc(F)cc1. The maximum Gasteiger partial charge on any atom is 0.407 e. The van der Waals surface area contributed by atoms with E-state index in [9.17, 15) is 18.4 Å². The van der Waals surface area contributed by atoms with Gasteiger partial charge in [0.15, 0.2) is 0 Å². The smallest absolute Gasteiger partial charge is 0.407 e. The summed E-state index contributed by atoms with van der Waals surface area (Å²) in [6, 6.07) is 13.4. The number of morpholine rings is 1. The molecule has 6 rings (SSSR count). The van der Waals surface area contributed by atoms with Gasteiger partial charge in [-0.2, -0.15) is 0 Å². The number of benzene rings is 3. The summed E-state index contributed by atoms with van der Waals surface area (Å²) >= 11 is 0. The predicted molar refractivity (Wildman–Crippen MR) is 181 cm³/mol. The third-order valence-corrected chi connectivity index (χ3v) is 9.05. The number of ether oxygens (including phenoxy) is 2. The molecule has 50 heavy (non-hydrogen) atoms. The number of hydrogen-bond acceptors (Lipinski definition) is 7. The Bertz CT molecular complexity index is 1890. The molecule has 260 valence electrons. The van der Waals surface area contributed by atoms with Gasteiger partial charge in [0.25, 0.3) is 0 Å². The average Bonchev–Trinajstić information content (AvgIpc) is 3.52. The van der Waals surface area contributed by atoms with E-state index in [1.807, 2.05) is 0 Å². The van der Waals surface area contributed by atoms with E-state index < -0.39 is 41.4 Å². The largest absolute Gasteiger partial charge is 0.453 e. The summed E-state index contributed by atoms with van der Waals surface area (Å²) in [7, 11) is 1.15. The Kier molecular flexibility index (Phi) is 10.4. The number of fused-ring (bicyclic) bond motifs is 1. The van der Waals surface area contributed by atoms with Crippen LogP contribution < -0.4 is 16.0 Å². The highest BCUT2D eigenvalue weighted by molar-refractivity contribution is 5.98. The van der Waals surface area contributed by atoms with Crippen molar-refractivity contribution in [2.24, 2.45) is 0 Å². The third-order valence-electron chi connectivity index (χ3n) is 9.05. The molecule has 0 saturated carbocycles. The van der Waals surface area contributed by atoms with Gasteiger partial charge in [0, 0.05) is 18.0 Å². The Labute approximate surface area is 286 Å². The fourth-order valence-corrected chi connectivity index (χ4v) is 6.18. The number of halogens is 3. The molecule has 3 heterocycles. The van der Waals surface area contributed by atoms with Gasteiger partial charge >= 0.3 is 6.09 Å². The van der Waals surface area contributed by atoms with Crippen molar-refractivity contribution in [1.82, 2.24) is 25.6 Å². The van der Waals surface area contributed by atoms with Crippen molar-refractivity contribution < 1.29 is 32.2 Å². The predicted octanol–water partition coefficient (Wildman–Crippen LogP) is 6.15. The van der Waals surface area contributed by atoms with Crippen molar-refractivity contribution in [3.8, 4) is 0 Å². The molecule has 3 atom stereocenters. The lowest BCUT2D eigenvalue weighted by Crippen LogP contribution is -2.48. The van der Waals surface area contributed by atoms with Gasteiger partial charge in [0.2, 0.25) is 5.91 Å². The monoisotopic (exact) mass is 686 g/mol. The van der Waals surface area contributed by atoms with E-state index in [1.54, 1.807) is 0 Å². The first kappa shape index (κ1) is 34.6. The van der Waals surface area contributed by atoms with Gasteiger partial charge < -0.3 is 30.4 Å². The van der Waals surface area contributed by atoms with Gasteiger partial charge in [-0.25, -0.2) is 22.9 Å². The zero-order chi connectivity index (χ0) is 35.4. The number of carbonyl (C=O) groups excluding carboxylic acids is 2. The molecular formula is C37H37F3N6O4. The average molecular weight is 687 g/mol. The van der Waals surface area contributed by atoms with E-state index in [0.29, 0.717) is 30.7 Å². The van der Waals surface area contributed by atoms with Crippen LogP contribution in [-0.2, 0) is 20.7 Å². The second-order valence-corrected chi connectivity index (χ2v) is 12.4. The fourth-order valence-electron chi connectivity index (χ4n) is 6.18. The minimum atomic E-state index is -1.34. The van der Waals surface area contributed by atoms with Crippen LogP contribution in [0.5, 0.6) is 0 Å². The van der Waals surface area contributed by atoms with Crippen LogP contribution in [0.2, 0.25) is 0 Å². The zero-order valence-electron chi connectivity index (χ0n) is 27.7. The van der Waals surface area contributed by atoms with Crippen LogP contribution in [0.4, 0.5) is 23.7 Å². The lowest BCUT2D eigenvalue weighted by molar-refractivity contribution is -0.118. The Morgan fingerprint density at radius 2 is 1.64 bits per heavy atom. The number of alkyl carbamates (subject to hydrolysis) is 1. The summed E-state index contributed by atoms with van der Waals surface area (Å²) in [5, 5.41) is 8.75. The molecule has 5 aromatic rings. The lowest BCUT2D eigenvalue weighted by Gasteiger charge is -2.30. The number of H-pyrrole nitrogens is 1. The number of nitrogens with one attached hydrogen (secondary N) is 4. The normalized spacial score (nSPS) is 16.7. The minimum absolute atomic E-state index is 0.109. The van der Waals surface area contributed by atoms with Crippen LogP contribution in [-0.4, -0.2) is 59.4 Å². The highest BCUT2D eigenvalue weighted by atomic mass is 19.1. The van der Waals surface area contributed by atoms with Crippen LogP contribution in [0.3, 0.4) is 0 Å². The molecule has 0 unspecified atom stereocenters. The van der Waals surface area contributed by atoms with Crippen molar-refractivity contribution in [2.45, 2.75) is 50.8 Å². The number of amides is 2. The Balaban J connectivity index is 1.18. The summed E-state index contributed by atoms with van der Waals surface area (Å²) in [6.45, 7) is 4.96. The molecule has 1 aliphatic heterocycles. The maximum atomic E-state index is 15.3. The molecule has 1 saturated heterocycles. The highest BCUT2D eigenvalue weighted by Gasteiger charge is 2.34. The molecule has 13 heteroatoms. The third kappa shape index (κ3) is 7.79. The van der Waals surface area contributed by atoms with E-state index in [0.717, 1.165) is 35.7 Å². The van der Waals surface area contributed by atoms with Crippen molar-refractivity contribution in [1.29, 1.82) is 0 Å². The number of aromatic nitrogens is 3. The topological polar surface area (TPSA) is 130 Å². The van der Waals surface area contributed by atoms with Gasteiger partial charge in [-0.15, -0.1) is 0 Å². The molecule has 0 radical (unpaired) electrons. The van der Waals surface area contributed by atoms with Crippen molar-refractivity contribution in [3.63, 3.8) is 0 Å². The second-order valence-electron chi connectivity index (χ2n) is 12.4. The summed E-state index contributed by atoms with van der Waals surface area (Å²) < 4.78 is 54.0. The van der Waals surface area contributed by atoms with Crippen molar-refractivity contribution in [3.05, 3.63) is 124 Å². The van der Waals surface area contributed by atoms with E-state index in [2.05, 4.69) is 51.9 Å². The molecule has 3 aromatic carbocycles. The van der Waals surface area contributed by atoms with Crippen LogP contribution in [0, 0.1) is 31.3 Å². The van der Waals surface area contributed by atoms with Gasteiger partial charge in [0.1, 0.15) is 29.3 Å². The maximum absolute atomic E-state index is 15.3. The standard InChI is InChI=1S/C37H37F3N6O4/c1-20-14-29-30(15-21(20)2)44-35(43-29)32-19-50-26(16-42-32)12-13-27-28(40)17-41-18-31(27)45-36(47)34(46-37(48)49-3)33(22-4-8-24(38)9-5-22)23-6-10-25(39)11-7-23/h4-11,14-15,17-18,26,32-34,42H,12-13,16,19H2,1-3H3,(H,43,44)(H,45,47)(H,46,48)/t26-,32+,34+/m1/s1. The van der Waals surface area contributed by atoms with E-state index >= 15 is 4.39 Å². The summed E-state index contributed by atoms with van der Waals surface area (Å²) in [5.74, 6) is -2.48. The van der Waals surface area contributed by atoms with Crippen molar-refractivity contribution in [2.75, 3.05) is 25.6 Å². The first-order valence-electron chi connectivity index (χ1n) is 16.2. The Morgan fingerprint density at radius 3 is 2.26 bits per heavy atom. The highest BCUT2D eigenvalue weighted by Crippen LogP contribution is 2.31. The van der Waals surface area contributed by atoms with Crippen LogP contribution in [0.15, 0.2) is 73.1 Å². The van der Waals surface area contributed by atoms with E-state index in [1.165, 1.54) is 60.3 Å². The Morgan fingerprint density at radius 1 is 0.980 bits per heavy atom. The summed E-state index contributed by atoms with van der Waals surface area (Å²) in [4.78, 5) is 38.6. The number of methoxy groups -OCH3 is 1. The van der Waals surface area contributed by atoms with Gasteiger partial charge in [-0.1, -0.05) is 24.3 Å². The van der Waals surface area contributed by atoms with E-state index in [-0.39, 0.29) is 29.8 Å². The second kappa shape index (κ2) is 15.1. The molecule has 0 spiro atoms. The van der Waals surface area contributed by atoms with Gasteiger partial charge in [0.05, 0.1) is 55.0 Å². The molecular weight excluding hydrogens is 649 g/mol. The number of imidazole rings is 1. The Hall–Kier alpha value is -5.27. The molecule has 1 fully saturated rings. The molecule has 0 aliphatic carbocycles. The number of rotatable bonds is 10. The van der Waals surface area contributed by atoms with Crippen molar-refractivity contribution >= 4 is 28.7 Å². The first-order valence-corrected chi connectivity index (χ1v) is 16.2. The molecule has 1 aliphatic rings. The first-order chi connectivity index (χ1) is 24.1. The van der Waals surface area contributed by atoms with Gasteiger partial charge in [-0.3, -0.25) is 9.78 Å². The molecule has 4 N–H and O–H groups in total. The van der Waals surface area contributed by atoms with Crippen LogP contribution in [0.1, 0.15) is 52.0 Å². The minimum Gasteiger partial charge on any atom is -0.453 e. The molecule has 10 nitrogen and oxygen atoms in total. The number of carbonyl (C=O) groups is 2. The van der Waals surface area contributed by atoms with Gasteiger partial charge in [-0.05, 0) is 85.3 Å². The summed E-state index contributed by atoms with van der Waals surface area (Å²) in [6.07, 6.45) is 1.88. The molecule has 0 bridgehead atoms. The summed E-state index contributed by atoms with van der Waals surface area (Å²) in [5.41, 5.74) is 5.42.